The Balaban J connectivity index is 2.56. The number of rotatable bonds is 4. The van der Waals surface area contributed by atoms with Crippen LogP contribution in [0.1, 0.15) is 38.1 Å². The first-order valence-corrected chi connectivity index (χ1v) is 6.27. The lowest BCUT2D eigenvalue weighted by Crippen LogP contribution is -2.43. The second kappa shape index (κ2) is 6.78. The van der Waals surface area contributed by atoms with E-state index >= 15 is 0 Å². The summed E-state index contributed by atoms with van der Waals surface area (Å²) in [7, 11) is 0. The van der Waals surface area contributed by atoms with Crippen molar-refractivity contribution in [2.75, 3.05) is 0 Å². The molecule has 5 nitrogen and oxygen atoms in total. The second-order valence-corrected chi connectivity index (χ2v) is 4.79. The van der Waals surface area contributed by atoms with Gasteiger partial charge in [-0.15, -0.1) is 0 Å². The highest BCUT2D eigenvalue weighted by molar-refractivity contribution is 5.95. The van der Waals surface area contributed by atoms with Crippen molar-refractivity contribution in [2.24, 2.45) is 5.92 Å². The van der Waals surface area contributed by atoms with Crippen LogP contribution in [0, 0.1) is 5.92 Å². The Morgan fingerprint density at radius 1 is 1.00 bits per heavy atom. The summed E-state index contributed by atoms with van der Waals surface area (Å²) in [5.74, 6) is -0.0573. The molecule has 0 aliphatic heterocycles. The molecule has 0 atom stereocenters. The maximum atomic E-state index is 11.7. The van der Waals surface area contributed by atoms with E-state index in [1.165, 1.54) is 0 Å². The van der Waals surface area contributed by atoms with Crippen LogP contribution >= 0.6 is 0 Å². The number of nitrogens with one attached hydrogen (secondary N) is 2. The van der Waals surface area contributed by atoms with Gasteiger partial charge in [0.05, 0.1) is 6.10 Å². The molecule has 0 fully saturated rings. The van der Waals surface area contributed by atoms with E-state index in [1.807, 2.05) is 13.8 Å². The number of amides is 2. The first-order valence-electron chi connectivity index (χ1n) is 6.27. The fourth-order valence-electron chi connectivity index (χ4n) is 1.29. The molecule has 0 bridgehead atoms. The zero-order valence-electron chi connectivity index (χ0n) is 11.7. The summed E-state index contributed by atoms with van der Waals surface area (Å²) in [6.07, 6.45) is 0.0880. The first kappa shape index (κ1) is 15.0. The summed E-state index contributed by atoms with van der Waals surface area (Å²) in [6, 6.07) is 6.74. The van der Waals surface area contributed by atoms with Gasteiger partial charge in [0.1, 0.15) is 5.75 Å². The number of hydrogen-bond donors (Lipinski definition) is 2. The van der Waals surface area contributed by atoms with Gasteiger partial charge in [-0.1, -0.05) is 13.8 Å². The number of ether oxygens (including phenoxy) is 1. The molecule has 0 saturated carbocycles. The van der Waals surface area contributed by atoms with Gasteiger partial charge in [-0.25, -0.2) is 0 Å². The number of hydrogen-bond acceptors (Lipinski definition) is 3. The van der Waals surface area contributed by atoms with E-state index in [1.54, 1.807) is 38.1 Å². The van der Waals surface area contributed by atoms with Crippen molar-refractivity contribution >= 4 is 11.8 Å². The summed E-state index contributed by atoms with van der Waals surface area (Å²) < 4.78 is 5.48. The van der Waals surface area contributed by atoms with Crippen molar-refractivity contribution in [1.29, 1.82) is 0 Å². The van der Waals surface area contributed by atoms with Gasteiger partial charge in [0, 0.05) is 11.5 Å². The Hall–Kier alpha value is -2.04. The van der Waals surface area contributed by atoms with Crippen molar-refractivity contribution in [2.45, 2.75) is 33.8 Å². The molecule has 0 aromatic heterocycles. The van der Waals surface area contributed by atoms with Crippen LogP contribution in [-0.2, 0) is 4.79 Å². The SMILES string of the molecule is CC(C)Oc1ccc(C(=O)NNC(=O)C(C)C)cc1. The molecule has 0 unspecified atom stereocenters. The third-order valence-corrected chi connectivity index (χ3v) is 2.31. The molecule has 0 aliphatic rings. The van der Waals surface area contributed by atoms with Gasteiger partial charge in [0.15, 0.2) is 0 Å². The van der Waals surface area contributed by atoms with Crippen LogP contribution in [-0.4, -0.2) is 17.9 Å². The average molecular weight is 264 g/mol. The normalized spacial score (nSPS) is 10.4. The lowest BCUT2D eigenvalue weighted by Gasteiger charge is -2.11. The van der Waals surface area contributed by atoms with E-state index in [0.29, 0.717) is 11.3 Å². The van der Waals surface area contributed by atoms with Gasteiger partial charge in [-0.2, -0.15) is 0 Å². The molecule has 0 spiro atoms. The molecular weight excluding hydrogens is 244 g/mol. The fourth-order valence-corrected chi connectivity index (χ4v) is 1.29. The monoisotopic (exact) mass is 264 g/mol. The Morgan fingerprint density at radius 2 is 1.58 bits per heavy atom. The Kier molecular flexibility index (Phi) is 5.36. The number of benzene rings is 1. The van der Waals surface area contributed by atoms with Crippen LogP contribution in [0.5, 0.6) is 5.75 Å². The fraction of sp³-hybridized carbons (Fsp3) is 0.429. The van der Waals surface area contributed by atoms with Gasteiger partial charge in [0.25, 0.3) is 5.91 Å². The lowest BCUT2D eigenvalue weighted by atomic mass is 10.2. The summed E-state index contributed by atoms with van der Waals surface area (Å²) in [4.78, 5) is 23.0. The topological polar surface area (TPSA) is 67.4 Å². The average Bonchev–Trinajstić information content (AvgIpc) is 2.35. The van der Waals surface area contributed by atoms with Crippen molar-refractivity contribution in [3.05, 3.63) is 29.8 Å². The molecule has 1 rings (SSSR count). The molecule has 19 heavy (non-hydrogen) atoms. The van der Waals surface area contributed by atoms with Crippen LogP contribution in [0.3, 0.4) is 0 Å². The van der Waals surface area contributed by atoms with Crippen molar-refractivity contribution < 1.29 is 14.3 Å². The van der Waals surface area contributed by atoms with Crippen molar-refractivity contribution in [3.8, 4) is 5.75 Å². The molecule has 5 heteroatoms. The largest absolute Gasteiger partial charge is 0.491 e. The van der Waals surface area contributed by atoms with Crippen LogP contribution in [0.4, 0.5) is 0 Å². The maximum Gasteiger partial charge on any atom is 0.269 e. The predicted octanol–water partition coefficient (Wildman–Crippen LogP) is 1.89. The predicted molar refractivity (Wildman–Crippen MR) is 72.7 cm³/mol. The van der Waals surface area contributed by atoms with Crippen LogP contribution in [0.15, 0.2) is 24.3 Å². The van der Waals surface area contributed by atoms with E-state index in [9.17, 15) is 9.59 Å². The van der Waals surface area contributed by atoms with Gasteiger partial charge in [-0.3, -0.25) is 20.4 Å². The molecule has 104 valence electrons. The molecular formula is C14H20N2O3. The quantitative estimate of drug-likeness (QED) is 0.816. The molecule has 0 heterocycles. The zero-order valence-corrected chi connectivity index (χ0v) is 11.7. The van der Waals surface area contributed by atoms with Crippen LogP contribution < -0.4 is 15.6 Å². The third kappa shape index (κ3) is 4.99. The minimum Gasteiger partial charge on any atom is -0.491 e. The molecule has 1 aromatic carbocycles. The number of carbonyl (C=O) groups is 2. The van der Waals surface area contributed by atoms with Gasteiger partial charge in [0.2, 0.25) is 5.91 Å². The minimum atomic E-state index is -0.356. The van der Waals surface area contributed by atoms with Gasteiger partial charge < -0.3 is 4.74 Å². The summed E-state index contributed by atoms with van der Waals surface area (Å²) in [5.41, 5.74) is 5.18. The maximum absolute atomic E-state index is 11.7. The van der Waals surface area contributed by atoms with E-state index in [4.69, 9.17) is 4.74 Å². The van der Waals surface area contributed by atoms with Crippen LogP contribution in [0.2, 0.25) is 0 Å². The highest BCUT2D eigenvalue weighted by atomic mass is 16.5. The molecule has 0 radical (unpaired) electrons. The Morgan fingerprint density at radius 3 is 2.05 bits per heavy atom. The van der Waals surface area contributed by atoms with Crippen LogP contribution in [0.25, 0.3) is 0 Å². The molecule has 0 aliphatic carbocycles. The standard InChI is InChI=1S/C14H20N2O3/c1-9(2)13(17)15-16-14(18)11-5-7-12(8-6-11)19-10(3)4/h5-10H,1-4H3,(H,15,17)(H,16,18). The second-order valence-electron chi connectivity index (χ2n) is 4.79. The first-order chi connectivity index (χ1) is 8.90. The van der Waals surface area contributed by atoms with E-state index in [0.717, 1.165) is 0 Å². The molecule has 2 N–H and O–H groups in total. The van der Waals surface area contributed by atoms with Gasteiger partial charge >= 0.3 is 0 Å². The van der Waals surface area contributed by atoms with Crippen molar-refractivity contribution in [3.63, 3.8) is 0 Å². The zero-order chi connectivity index (χ0) is 14.4. The molecule has 1 aromatic rings. The number of carbonyl (C=O) groups excluding carboxylic acids is 2. The molecule has 2 amide bonds. The van der Waals surface area contributed by atoms with E-state index in [2.05, 4.69) is 10.9 Å². The van der Waals surface area contributed by atoms with Crippen molar-refractivity contribution in [1.82, 2.24) is 10.9 Å². The Labute approximate surface area is 113 Å². The van der Waals surface area contributed by atoms with Gasteiger partial charge in [-0.05, 0) is 38.1 Å². The highest BCUT2D eigenvalue weighted by Crippen LogP contribution is 2.13. The number of hydrazine groups is 1. The highest BCUT2D eigenvalue weighted by Gasteiger charge is 2.10. The smallest absolute Gasteiger partial charge is 0.269 e. The summed E-state index contributed by atoms with van der Waals surface area (Å²) >= 11 is 0. The third-order valence-electron chi connectivity index (χ3n) is 2.31. The van der Waals surface area contributed by atoms with E-state index in [-0.39, 0.29) is 23.8 Å². The summed E-state index contributed by atoms with van der Waals surface area (Å²) in [5, 5.41) is 0. The minimum absolute atomic E-state index is 0.0880. The summed E-state index contributed by atoms with van der Waals surface area (Å²) in [6.45, 7) is 7.36. The van der Waals surface area contributed by atoms with E-state index < -0.39 is 0 Å². The molecule has 0 saturated heterocycles. The lowest BCUT2D eigenvalue weighted by molar-refractivity contribution is -0.124. The Bertz CT molecular complexity index is 439.